The third kappa shape index (κ3) is 5.91. The van der Waals surface area contributed by atoms with Gasteiger partial charge in [-0.3, -0.25) is 0 Å². The molecule has 29 heavy (non-hydrogen) atoms. The molecule has 0 radical (unpaired) electrons. The predicted molar refractivity (Wildman–Crippen MR) is 120 cm³/mol. The van der Waals surface area contributed by atoms with E-state index in [0.29, 0.717) is 17.2 Å². The first kappa shape index (κ1) is 23.6. The lowest BCUT2D eigenvalue weighted by molar-refractivity contribution is 0.256. The predicted octanol–water partition coefficient (Wildman–Crippen LogP) is 4.94. The molecule has 0 saturated carbocycles. The Hall–Kier alpha value is -1.69. The van der Waals surface area contributed by atoms with Crippen LogP contribution >= 0.6 is 0 Å². The summed E-state index contributed by atoms with van der Waals surface area (Å²) in [5, 5.41) is 9.84. The molecule has 0 aromatic heterocycles. The summed E-state index contributed by atoms with van der Waals surface area (Å²) in [6, 6.07) is 13.1. The number of aliphatic hydroxyl groups excluding tert-OH is 1. The highest BCUT2D eigenvalue weighted by molar-refractivity contribution is 7.89. The average Bonchev–Trinajstić information content (AvgIpc) is 2.66. The van der Waals surface area contributed by atoms with Crippen LogP contribution in [0.15, 0.2) is 47.4 Å². The highest BCUT2D eigenvalue weighted by Gasteiger charge is 2.29. The highest BCUT2D eigenvalue weighted by atomic mass is 32.2. The maximum Gasteiger partial charge on any atom is 0.241 e. The first-order valence-corrected chi connectivity index (χ1v) is 11.9. The molecule has 5 heteroatoms. The van der Waals surface area contributed by atoms with E-state index in [0.717, 1.165) is 22.3 Å². The van der Waals surface area contributed by atoms with Gasteiger partial charge in [-0.25, -0.2) is 13.1 Å². The number of sulfonamides is 1. The van der Waals surface area contributed by atoms with Crippen LogP contribution in [0, 0.1) is 0 Å². The third-order valence-corrected chi connectivity index (χ3v) is 6.87. The molecule has 0 fully saturated rings. The number of benzene rings is 2. The zero-order valence-corrected chi connectivity index (χ0v) is 19.3. The molecular weight excluding hydrogens is 382 g/mol. The van der Waals surface area contributed by atoms with Gasteiger partial charge in [0.2, 0.25) is 10.0 Å². The van der Waals surface area contributed by atoms with Gasteiger partial charge < -0.3 is 5.11 Å². The van der Waals surface area contributed by atoms with Crippen LogP contribution in [0.25, 0.3) is 0 Å². The number of aliphatic hydroxyl groups is 1. The fraction of sp³-hybridized carbons (Fsp3) is 0.500. The van der Waals surface area contributed by atoms with Crippen LogP contribution < -0.4 is 4.72 Å². The summed E-state index contributed by atoms with van der Waals surface area (Å²) in [4.78, 5) is 0.374. The van der Waals surface area contributed by atoms with Gasteiger partial charge in [-0.1, -0.05) is 84.0 Å². The molecule has 160 valence electrons. The van der Waals surface area contributed by atoms with Gasteiger partial charge in [0.25, 0.3) is 0 Å². The van der Waals surface area contributed by atoms with Crippen LogP contribution in [-0.4, -0.2) is 26.2 Å². The summed E-state index contributed by atoms with van der Waals surface area (Å²) in [5.41, 5.74) is 3.81. The van der Waals surface area contributed by atoms with Gasteiger partial charge in [-0.05, 0) is 46.4 Å². The van der Waals surface area contributed by atoms with E-state index in [1.807, 2.05) is 70.2 Å². The lowest BCUT2D eigenvalue weighted by atomic mass is 9.89. The molecule has 0 aliphatic heterocycles. The van der Waals surface area contributed by atoms with Crippen LogP contribution in [-0.2, 0) is 16.4 Å². The van der Waals surface area contributed by atoms with E-state index in [1.54, 1.807) is 0 Å². The van der Waals surface area contributed by atoms with Gasteiger partial charge >= 0.3 is 0 Å². The molecule has 0 spiro atoms. The van der Waals surface area contributed by atoms with Gasteiger partial charge in [0.05, 0.1) is 11.5 Å². The Labute approximate surface area is 176 Å². The van der Waals surface area contributed by atoms with Crippen molar-refractivity contribution in [3.05, 3.63) is 64.7 Å². The molecule has 0 unspecified atom stereocenters. The van der Waals surface area contributed by atoms with Crippen molar-refractivity contribution in [3.8, 4) is 0 Å². The van der Waals surface area contributed by atoms with Crippen molar-refractivity contribution < 1.29 is 13.5 Å². The summed E-state index contributed by atoms with van der Waals surface area (Å²) in [6.07, 6.45) is 0.439. The summed E-state index contributed by atoms with van der Waals surface area (Å²) >= 11 is 0. The molecule has 0 bridgehead atoms. The smallest absolute Gasteiger partial charge is 0.241 e. The Kier molecular flexibility index (Phi) is 8.03. The minimum Gasteiger partial charge on any atom is -0.395 e. The fourth-order valence-electron chi connectivity index (χ4n) is 3.52. The zero-order chi connectivity index (χ0) is 21.8. The molecule has 1 atom stereocenters. The summed E-state index contributed by atoms with van der Waals surface area (Å²) in [7, 11) is -3.80. The third-order valence-electron chi connectivity index (χ3n) is 5.22. The Morgan fingerprint density at radius 1 is 0.862 bits per heavy atom. The van der Waals surface area contributed by atoms with Gasteiger partial charge in [0.15, 0.2) is 0 Å². The molecule has 0 saturated heterocycles. The maximum atomic E-state index is 13.5. The van der Waals surface area contributed by atoms with E-state index >= 15 is 0 Å². The first-order valence-electron chi connectivity index (χ1n) is 10.4. The Balaban J connectivity index is 2.51. The second-order valence-corrected chi connectivity index (χ2v) is 10.3. The minimum absolute atomic E-state index is 0.0690. The number of rotatable bonds is 9. The van der Waals surface area contributed by atoms with Gasteiger partial charge in [0, 0.05) is 6.04 Å². The number of hydrogen-bond acceptors (Lipinski definition) is 3. The maximum absolute atomic E-state index is 13.5. The molecule has 0 amide bonds. The molecule has 0 aliphatic carbocycles. The van der Waals surface area contributed by atoms with Crippen LogP contribution in [0.3, 0.4) is 0 Å². The van der Waals surface area contributed by atoms with Crippen LogP contribution in [0.1, 0.15) is 81.5 Å². The first-order chi connectivity index (χ1) is 13.6. The molecule has 2 rings (SSSR count). The summed E-state index contributed by atoms with van der Waals surface area (Å²) < 4.78 is 29.8. The van der Waals surface area contributed by atoms with Crippen molar-refractivity contribution in [2.45, 2.75) is 76.7 Å². The molecule has 2 aromatic rings. The van der Waals surface area contributed by atoms with Crippen LogP contribution in [0.5, 0.6) is 0 Å². The SMILES string of the molecule is CC(C)c1cc(C(C)C)c(S(=O)(=O)N[C@H](CO)Cc2ccccc2)c(C(C)C)c1. The summed E-state index contributed by atoms with van der Waals surface area (Å²) in [6.45, 7) is 12.1. The molecule has 2 N–H and O–H groups in total. The van der Waals surface area contributed by atoms with Crippen molar-refractivity contribution >= 4 is 10.0 Å². The lowest BCUT2D eigenvalue weighted by Gasteiger charge is -2.25. The van der Waals surface area contributed by atoms with Gasteiger partial charge in [0.1, 0.15) is 0 Å². The largest absolute Gasteiger partial charge is 0.395 e. The van der Waals surface area contributed by atoms with Crippen LogP contribution in [0.2, 0.25) is 0 Å². The Bertz CT molecular complexity index is 874. The normalized spacial score (nSPS) is 13.4. The molecule has 0 heterocycles. The topological polar surface area (TPSA) is 66.4 Å². The van der Waals surface area contributed by atoms with E-state index in [4.69, 9.17) is 0 Å². The van der Waals surface area contributed by atoms with Gasteiger partial charge in [-0.15, -0.1) is 0 Å². The fourth-order valence-corrected chi connectivity index (χ4v) is 5.44. The Morgan fingerprint density at radius 3 is 1.79 bits per heavy atom. The standard InChI is InChI=1S/C24H35NO3S/c1-16(2)20-13-22(17(3)4)24(23(14-20)18(5)6)29(27,28)25-21(15-26)12-19-10-8-7-9-11-19/h7-11,13-14,16-18,21,25-26H,12,15H2,1-6H3/t21-/m0/s1. The molecular formula is C24H35NO3S. The number of hydrogen-bond donors (Lipinski definition) is 2. The lowest BCUT2D eigenvalue weighted by Crippen LogP contribution is -2.40. The quantitative estimate of drug-likeness (QED) is 0.607. The van der Waals surface area contributed by atoms with Crippen molar-refractivity contribution in [2.75, 3.05) is 6.61 Å². The van der Waals surface area contributed by atoms with E-state index in [2.05, 4.69) is 18.6 Å². The second-order valence-electron chi connectivity index (χ2n) is 8.68. The van der Waals surface area contributed by atoms with Crippen molar-refractivity contribution in [1.82, 2.24) is 4.72 Å². The van der Waals surface area contributed by atoms with E-state index in [9.17, 15) is 13.5 Å². The van der Waals surface area contributed by atoms with Crippen LogP contribution in [0.4, 0.5) is 0 Å². The summed E-state index contributed by atoms with van der Waals surface area (Å²) in [5.74, 6) is 0.455. The second kappa shape index (κ2) is 9.88. The van der Waals surface area contributed by atoms with Crippen molar-refractivity contribution in [1.29, 1.82) is 0 Å². The monoisotopic (exact) mass is 417 g/mol. The number of nitrogens with one attached hydrogen (secondary N) is 1. The van der Waals surface area contributed by atoms with E-state index in [-0.39, 0.29) is 18.4 Å². The van der Waals surface area contributed by atoms with E-state index in [1.165, 1.54) is 0 Å². The van der Waals surface area contributed by atoms with Crippen molar-refractivity contribution in [3.63, 3.8) is 0 Å². The van der Waals surface area contributed by atoms with E-state index < -0.39 is 16.1 Å². The Morgan fingerprint density at radius 2 is 1.38 bits per heavy atom. The average molecular weight is 418 g/mol. The zero-order valence-electron chi connectivity index (χ0n) is 18.4. The minimum atomic E-state index is -3.80. The van der Waals surface area contributed by atoms with Crippen molar-refractivity contribution in [2.24, 2.45) is 0 Å². The van der Waals surface area contributed by atoms with Gasteiger partial charge in [-0.2, -0.15) is 0 Å². The molecule has 0 aliphatic rings. The molecule has 4 nitrogen and oxygen atoms in total. The molecule has 2 aromatic carbocycles. The highest BCUT2D eigenvalue weighted by Crippen LogP contribution is 2.35.